The van der Waals surface area contributed by atoms with E-state index >= 15 is 0 Å². The molecular formula is C24H20Cl2F6N2O. The first-order valence-electron chi connectivity index (χ1n) is 9.91. The van der Waals surface area contributed by atoms with Gasteiger partial charge in [0.1, 0.15) is 0 Å². The number of hydrogen-bond acceptors (Lipinski definition) is 2. The molecule has 1 amide bonds. The lowest BCUT2D eigenvalue weighted by molar-refractivity contribution is -0.143. The summed E-state index contributed by atoms with van der Waals surface area (Å²) in [5.41, 5.74) is -3.76. The topological polar surface area (TPSA) is 33.2 Å². The molecule has 11 heteroatoms. The highest BCUT2D eigenvalue weighted by atomic mass is 35.5. The second-order valence-electron chi connectivity index (χ2n) is 8.16. The highest BCUT2D eigenvalue weighted by Crippen LogP contribution is 2.41. The van der Waals surface area contributed by atoms with E-state index in [1.54, 1.807) is 24.3 Å². The van der Waals surface area contributed by atoms with Crippen molar-refractivity contribution >= 4 is 35.6 Å². The SMILES string of the molecule is CN(C(=O)C(C)(C)c1cc(C(F)(F)F)cc(C(F)(F)F)c1)c1ccncc1-c1ccccc1Cl.Cl. The number of carbonyl (C=O) groups excluding carboxylic acids is 1. The van der Waals surface area contributed by atoms with Crippen LogP contribution >= 0.6 is 24.0 Å². The number of halogens is 8. The van der Waals surface area contributed by atoms with Crippen LogP contribution in [0.3, 0.4) is 0 Å². The molecule has 0 radical (unpaired) electrons. The van der Waals surface area contributed by atoms with E-state index in [1.165, 1.54) is 44.3 Å². The summed E-state index contributed by atoms with van der Waals surface area (Å²) in [4.78, 5) is 18.7. The fourth-order valence-corrected chi connectivity index (χ4v) is 3.77. The molecule has 0 saturated heterocycles. The van der Waals surface area contributed by atoms with E-state index in [0.717, 1.165) is 0 Å². The predicted molar refractivity (Wildman–Crippen MR) is 125 cm³/mol. The van der Waals surface area contributed by atoms with Gasteiger partial charge in [0, 0.05) is 35.6 Å². The summed E-state index contributed by atoms with van der Waals surface area (Å²) in [7, 11) is 1.39. The molecule has 3 rings (SSSR count). The first kappa shape index (κ1) is 28.5. The van der Waals surface area contributed by atoms with Crippen molar-refractivity contribution in [1.82, 2.24) is 4.98 Å². The molecule has 3 nitrogen and oxygen atoms in total. The summed E-state index contributed by atoms with van der Waals surface area (Å²) in [6.45, 7) is 2.55. The number of anilines is 1. The zero-order valence-electron chi connectivity index (χ0n) is 18.6. The molecule has 0 unspecified atom stereocenters. The van der Waals surface area contributed by atoms with Gasteiger partial charge in [-0.05, 0) is 49.7 Å². The van der Waals surface area contributed by atoms with Gasteiger partial charge in [-0.25, -0.2) is 0 Å². The van der Waals surface area contributed by atoms with Gasteiger partial charge in [-0.15, -0.1) is 12.4 Å². The van der Waals surface area contributed by atoms with Gasteiger partial charge < -0.3 is 4.90 Å². The van der Waals surface area contributed by atoms with Gasteiger partial charge in [0.05, 0.1) is 22.2 Å². The Morgan fingerprint density at radius 3 is 1.89 bits per heavy atom. The number of likely N-dealkylation sites (N-methyl/N-ethyl adjacent to an activating group) is 1. The number of alkyl halides is 6. The van der Waals surface area contributed by atoms with Crippen LogP contribution in [-0.4, -0.2) is 17.9 Å². The molecular weight excluding hydrogens is 517 g/mol. The summed E-state index contributed by atoms with van der Waals surface area (Å²) in [6.07, 6.45) is -7.16. The number of rotatable bonds is 4. The first-order valence-corrected chi connectivity index (χ1v) is 10.3. The van der Waals surface area contributed by atoms with Crippen LogP contribution in [0.5, 0.6) is 0 Å². The Bertz CT molecular complexity index is 1190. The maximum Gasteiger partial charge on any atom is 0.416 e. The molecule has 1 aromatic heterocycles. The lowest BCUT2D eigenvalue weighted by Crippen LogP contribution is -2.42. The summed E-state index contributed by atoms with van der Waals surface area (Å²) >= 11 is 6.28. The molecule has 0 atom stereocenters. The molecule has 0 aliphatic heterocycles. The minimum absolute atomic E-state index is 0. The van der Waals surface area contributed by atoms with Gasteiger partial charge in [-0.2, -0.15) is 26.3 Å². The highest BCUT2D eigenvalue weighted by Gasteiger charge is 2.41. The first-order chi connectivity index (χ1) is 15.6. The van der Waals surface area contributed by atoms with E-state index in [9.17, 15) is 31.1 Å². The molecule has 0 spiro atoms. The Morgan fingerprint density at radius 1 is 0.857 bits per heavy atom. The molecule has 0 aliphatic carbocycles. The van der Waals surface area contributed by atoms with Gasteiger partial charge in [0.15, 0.2) is 0 Å². The Morgan fingerprint density at radius 2 is 1.37 bits per heavy atom. The monoisotopic (exact) mass is 536 g/mol. The van der Waals surface area contributed by atoms with E-state index in [1.807, 2.05) is 0 Å². The molecule has 3 aromatic rings. The number of benzene rings is 2. The minimum atomic E-state index is -5.02. The van der Waals surface area contributed by atoms with Crippen molar-refractivity contribution in [3.8, 4) is 11.1 Å². The predicted octanol–water partition coefficient (Wildman–Crippen LogP) is 7.80. The molecule has 0 aliphatic rings. The third-order valence-electron chi connectivity index (χ3n) is 5.47. The van der Waals surface area contributed by atoms with Gasteiger partial charge in [-0.1, -0.05) is 29.8 Å². The van der Waals surface area contributed by atoms with Crippen LogP contribution in [0, 0.1) is 0 Å². The van der Waals surface area contributed by atoms with Gasteiger partial charge >= 0.3 is 12.4 Å². The molecule has 188 valence electrons. The Labute approximate surface area is 209 Å². The second-order valence-corrected chi connectivity index (χ2v) is 8.56. The van der Waals surface area contributed by atoms with Crippen LogP contribution < -0.4 is 4.90 Å². The average Bonchev–Trinajstić information content (AvgIpc) is 2.77. The molecule has 35 heavy (non-hydrogen) atoms. The fraction of sp³-hybridized carbons (Fsp3) is 0.250. The quantitative estimate of drug-likeness (QED) is 0.318. The third kappa shape index (κ3) is 5.90. The summed E-state index contributed by atoms with van der Waals surface area (Å²) in [6, 6.07) is 9.48. The second kappa shape index (κ2) is 10.1. The largest absolute Gasteiger partial charge is 0.416 e. The summed E-state index contributed by atoms with van der Waals surface area (Å²) in [5.74, 6) is -0.723. The molecule has 0 saturated carbocycles. The van der Waals surface area contributed by atoms with Crippen molar-refractivity contribution in [2.75, 3.05) is 11.9 Å². The normalized spacial score (nSPS) is 12.2. The number of hydrogen-bond donors (Lipinski definition) is 0. The van der Waals surface area contributed by atoms with Gasteiger partial charge in [-0.3, -0.25) is 9.78 Å². The lowest BCUT2D eigenvalue weighted by atomic mass is 9.81. The molecule has 0 N–H and O–H groups in total. The number of pyridine rings is 1. The van der Waals surface area contributed by atoms with Crippen molar-refractivity contribution < 1.29 is 31.1 Å². The standard InChI is InChI=1S/C24H19ClF6N2O.ClH/c1-22(2,14-10-15(23(26,27)28)12-16(11-14)24(29,30)31)21(34)33(3)20-8-9-32-13-18(20)17-6-4-5-7-19(17)25;/h4-13H,1-3H3;1H. The van der Waals surface area contributed by atoms with E-state index in [2.05, 4.69) is 4.98 Å². The van der Waals surface area contributed by atoms with Crippen LogP contribution in [-0.2, 0) is 22.6 Å². The maximum absolute atomic E-state index is 13.5. The zero-order chi connectivity index (χ0) is 25.5. The van der Waals surface area contributed by atoms with Crippen LogP contribution in [0.1, 0.15) is 30.5 Å². The van der Waals surface area contributed by atoms with Crippen molar-refractivity contribution in [2.45, 2.75) is 31.6 Å². The van der Waals surface area contributed by atoms with Gasteiger partial charge in [0.2, 0.25) is 5.91 Å². The van der Waals surface area contributed by atoms with E-state index in [4.69, 9.17) is 11.6 Å². The molecule has 0 fully saturated rings. The maximum atomic E-state index is 13.5. The van der Waals surface area contributed by atoms with Crippen LogP contribution in [0.2, 0.25) is 5.02 Å². The lowest BCUT2D eigenvalue weighted by Gasteiger charge is -2.32. The smallest absolute Gasteiger partial charge is 0.314 e. The summed E-state index contributed by atoms with van der Waals surface area (Å²) < 4.78 is 80.1. The van der Waals surface area contributed by atoms with Crippen LogP contribution in [0.15, 0.2) is 60.9 Å². The highest BCUT2D eigenvalue weighted by molar-refractivity contribution is 6.33. The van der Waals surface area contributed by atoms with E-state index in [-0.39, 0.29) is 18.5 Å². The Balaban J connectivity index is 0.00000432. The van der Waals surface area contributed by atoms with E-state index in [0.29, 0.717) is 34.0 Å². The van der Waals surface area contributed by atoms with Crippen LogP contribution in [0.4, 0.5) is 32.0 Å². The van der Waals surface area contributed by atoms with Crippen molar-refractivity contribution in [3.63, 3.8) is 0 Å². The molecule has 2 aromatic carbocycles. The zero-order valence-corrected chi connectivity index (χ0v) is 20.2. The Kier molecular flexibility index (Phi) is 8.18. The third-order valence-corrected chi connectivity index (χ3v) is 5.80. The molecule has 0 bridgehead atoms. The van der Waals surface area contributed by atoms with Crippen molar-refractivity contribution in [1.29, 1.82) is 0 Å². The van der Waals surface area contributed by atoms with Crippen molar-refractivity contribution in [2.24, 2.45) is 0 Å². The Hall–Kier alpha value is -2.78. The fourth-order valence-electron chi connectivity index (χ4n) is 3.53. The summed E-state index contributed by atoms with van der Waals surface area (Å²) in [5, 5.41) is 0.379. The van der Waals surface area contributed by atoms with Crippen molar-refractivity contribution in [3.05, 3.63) is 82.6 Å². The number of amides is 1. The molecule has 1 heterocycles. The van der Waals surface area contributed by atoms with E-state index < -0.39 is 40.4 Å². The minimum Gasteiger partial charge on any atom is -0.314 e. The average molecular weight is 537 g/mol. The number of nitrogens with zero attached hydrogens (tertiary/aromatic N) is 2. The van der Waals surface area contributed by atoms with Crippen LogP contribution in [0.25, 0.3) is 11.1 Å². The number of aromatic nitrogens is 1. The van der Waals surface area contributed by atoms with Gasteiger partial charge in [0.25, 0.3) is 0 Å². The number of carbonyl (C=O) groups is 1.